The molecule has 2 saturated heterocycles. The largest absolute Gasteiger partial charge is 0.414 e. The van der Waals surface area contributed by atoms with E-state index in [4.69, 9.17) is 28.2 Å². The van der Waals surface area contributed by atoms with Gasteiger partial charge in [0.1, 0.15) is 24.1 Å². The molecule has 38 heavy (non-hydrogen) atoms. The number of hydrogen-bond acceptors (Lipinski definition) is 9. The van der Waals surface area contributed by atoms with E-state index in [1.807, 2.05) is 21.0 Å². The van der Waals surface area contributed by atoms with Crippen LogP contribution < -0.4 is 11.4 Å². The minimum Gasteiger partial charge on any atom is -0.414 e. The standard InChI is InChI=1S/C26H50N4O6Si2/c1-16(2)37(17(3)4)33-15-21-22(35-38(36-37,18(5)6)19(7)8)23(32-13-12-29(10)11)25(34-21)30-14-20(9)24(27)28-26(30)31/h14,16-19,21-23,25H,12-13,15H2,1-11H3,(H2,27,28,31)/t21-,22-,23-,25-/m1/s1. The van der Waals surface area contributed by atoms with Crippen molar-refractivity contribution in [1.82, 2.24) is 14.5 Å². The van der Waals surface area contributed by atoms with Crippen molar-refractivity contribution < 1.29 is 22.4 Å². The molecule has 2 N–H and O–H groups in total. The van der Waals surface area contributed by atoms with Crippen LogP contribution in [0.5, 0.6) is 0 Å². The quantitative estimate of drug-likeness (QED) is 0.442. The van der Waals surface area contributed by atoms with Crippen LogP contribution in [0.25, 0.3) is 0 Å². The first-order chi connectivity index (χ1) is 17.7. The van der Waals surface area contributed by atoms with E-state index in [0.29, 0.717) is 18.8 Å². The molecule has 0 spiro atoms. The Labute approximate surface area is 230 Å². The highest BCUT2D eigenvalue weighted by molar-refractivity contribution is 6.84. The van der Waals surface area contributed by atoms with E-state index in [1.165, 1.54) is 4.57 Å². The monoisotopic (exact) mass is 570 g/mol. The SMILES string of the molecule is Cc1cn([C@@H]2O[C@@H]3CO[Si](C(C)C)(C(C)C)O[Si](C(C)C)(C(C)C)O[C@H]3[C@H]2OCCN(C)C)c(=O)nc1N. The van der Waals surface area contributed by atoms with Crippen LogP contribution in [-0.2, 0) is 22.4 Å². The molecular formula is C26H50N4O6Si2. The van der Waals surface area contributed by atoms with Gasteiger partial charge in [-0.2, -0.15) is 4.98 Å². The van der Waals surface area contributed by atoms with Crippen molar-refractivity contribution in [1.29, 1.82) is 0 Å². The maximum absolute atomic E-state index is 13.0. The summed E-state index contributed by atoms with van der Waals surface area (Å²) >= 11 is 0. The van der Waals surface area contributed by atoms with Gasteiger partial charge in [0.25, 0.3) is 0 Å². The van der Waals surface area contributed by atoms with Gasteiger partial charge in [-0.15, -0.1) is 0 Å². The molecule has 0 radical (unpaired) electrons. The van der Waals surface area contributed by atoms with E-state index >= 15 is 0 Å². The number of ether oxygens (including phenoxy) is 2. The molecule has 10 nitrogen and oxygen atoms in total. The number of aromatic nitrogens is 2. The number of nitrogens with two attached hydrogens (primary N) is 1. The van der Waals surface area contributed by atoms with Crippen molar-refractivity contribution in [2.24, 2.45) is 0 Å². The summed E-state index contributed by atoms with van der Waals surface area (Å²) in [5.74, 6) is 0.212. The number of hydrogen-bond donors (Lipinski definition) is 1. The lowest BCUT2D eigenvalue weighted by Gasteiger charge is -2.51. The zero-order valence-electron chi connectivity index (χ0n) is 25.2. The first-order valence-corrected chi connectivity index (χ1v) is 17.9. The maximum Gasteiger partial charge on any atom is 0.351 e. The van der Waals surface area contributed by atoms with Crippen molar-refractivity contribution in [3.05, 3.63) is 22.2 Å². The second-order valence-electron chi connectivity index (χ2n) is 12.3. The summed E-state index contributed by atoms with van der Waals surface area (Å²) < 4.78 is 36.0. The Morgan fingerprint density at radius 2 is 1.66 bits per heavy atom. The average molecular weight is 571 g/mol. The summed E-state index contributed by atoms with van der Waals surface area (Å²) in [6.45, 7) is 20.8. The van der Waals surface area contributed by atoms with Gasteiger partial charge in [0.2, 0.25) is 0 Å². The lowest BCUT2D eigenvalue weighted by atomic mass is 10.1. The first kappa shape index (κ1) is 31.4. The van der Waals surface area contributed by atoms with Crippen LogP contribution in [0.4, 0.5) is 5.82 Å². The average Bonchev–Trinajstić information content (AvgIpc) is 3.11. The molecule has 0 bridgehead atoms. The molecule has 0 saturated carbocycles. The summed E-state index contributed by atoms with van der Waals surface area (Å²) in [5.41, 5.74) is 6.93. The van der Waals surface area contributed by atoms with E-state index in [-0.39, 0.29) is 28.0 Å². The molecule has 0 aliphatic carbocycles. The summed E-state index contributed by atoms with van der Waals surface area (Å²) in [4.78, 5) is 19.1. The van der Waals surface area contributed by atoms with Crippen molar-refractivity contribution >= 4 is 22.9 Å². The third-order valence-electron chi connectivity index (χ3n) is 7.91. The molecule has 218 valence electrons. The molecule has 2 aliphatic rings. The van der Waals surface area contributed by atoms with Crippen LogP contribution >= 0.6 is 0 Å². The van der Waals surface area contributed by atoms with E-state index in [0.717, 1.165) is 6.54 Å². The number of fused-ring (bicyclic) bond motifs is 1. The van der Waals surface area contributed by atoms with Gasteiger partial charge in [-0.3, -0.25) is 4.57 Å². The van der Waals surface area contributed by atoms with E-state index in [9.17, 15) is 4.79 Å². The Kier molecular flexibility index (Phi) is 10.1. The van der Waals surface area contributed by atoms with Gasteiger partial charge in [-0.05, 0) is 43.2 Å². The molecule has 4 atom stereocenters. The lowest BCUT2D eigenvalue weighted by molar-refractivity contribution is -0.0747. The topological polar surface area (TPSA) is 110 Å². The smallest absolute Gasteiger partial charge is 0.351 e. The first-order valence-electron chi connectivity index (χ1n) is 13.9. The Hall–Kier alpha value is -1.13. The van der Waals surface area contributed by atoms with Crippen LogP contribution in [0.1, 0.15) is 67.2 Å². The summed E-state index contributed by atoms with van der Waals surface area (Å²) in [7, 11) is -1.61. The molecule has 1 aromatic rings. The van der Waals surface area contributed by atoms with E-state index in [1.54, 1.807) is 6.20 Å². The molecule has 3 heterocycles. The van der Waals surface area contributed by atoms with Crippen molar-refractivity contribution in [3.63, 3.8) is 0 Å². The van der Waals surface area contributed by atoms with E-state index in [2.05, 4.69) is 65.3 Å². The van der Waals surface area contributed by atoms with Crippen molar-refractivity contribution in [2.75, 3.05) is 39.6 Å². The molecule has 2 fully saturated rings. The highest BCUT2D eigenvalue weighted by atomic mass is 28.5. The predicted molar refractivity (Wildman–Crippen MR) is 154 cm³/mol. The second kappa shape index (κ2) is 12.2. The van der Waals surface area contributed by atoms with Gasteiger partial charge >= 0.3 is 22.8 Å². The fraction of sp³-hybridized carbons (Fsp3) is 0.846. The number of rotatable bonds is 9. The normalized spacial score (nSPS) is 27.4. The fourth-order valence-electron chi connectivity index (χ4n) is 5.66. The minimum atomic E-state index is -2.89. The summed E-state index contributed by atoms with van der Waals surface area (Å²) in [6.07, 6.45) is -0.466. The Morgan fingerprint density at radius 3 is 2.18 bits per heavy atom. The molecular weight excluding hydrogens is 520 g/mol. The highest BCUT2D eigenvalue weighted by Gasteiger charge is 2.62. The Balaban J connectivity index is 2.14. The lowest BCUT2D eigenvalue weighted by Crippen LogP contribution is -2.66. The number of aryl methyl sites for hydroxylation is 1. The molecule has 0 aromatic carbocycles. The van der Waals surface area contributed by atoms with Gasteiger partial charge in [0, 0.05) is 18.3 Å². The maximum atomic E-state index is 13.0. The number of nitrogens with zero attached hydrogens (tertiary/aromatic N) is 3. The van der Waals surface area contributed by atoms with Gasteiger partial charge < -0.3 is 33.1 Å². The Bertz CT molecular complexity index is 986. The van der Waals surface area contributed by atoms with Crippen LogP contribution in [0.15, 0.2) is 11.0 Å². The van der Waals surface area contributed by atoms with Gasteiger partial charge in [-0.1, -0.05) is 55.4 Å². The third kappa shape index (κ3) is 5.97. The second-order valence-corrected chi connectivity index (χ2v) is 21.1. The molecule has 3 rings (SSSR count). The fourth-order valence-corrected chi connectivity index (χ4v) is 16.9. The zero-order chi connectivity index (χ0) is 28.6. The zero-order valence-corrected chi connectivity index (χ0v) is 27.2. The van der Waals surface area contributed by atoms with Gasteiger partial charge in [0.05, 0.1) is 13.2 Å². The number of likely N-dealkylation sites (N-methyl/N-ethyl adjacent to an activating group) is 1. The van der Waals surface area contributed by atoms with Crippen LogP contribution in [0.2, 0.25) is 22.2 Å². The molecule has 1 aromatic heterocycles. The van der Waals surface area contributed by atoms with Crippen molar-refractivity contribution in [2.45, 2.75) is 109 Å². The van der Waals surface area contributed by atoms with Crippen LogP contribution in [-0.4, -0.2) is 83.7 Å². The molecule has 0 amide bonds. The van der Waals surface area contributed by atoms with Gasteiger partial charge in [-0.25, -0.2) is 4.79 Å². The summed E-state index contributed by atoms with van der Waals surface area (Å²) in [5, 5.41) is 0. The summed E-state index contributed by atoms with van der Waals surface area (Å²) in [6, 6.07) is 0. The predicted octanol–water partition coefficient (Wildman–Crippen LogP) is 3.93. The minimum absolute atomic E-state index is 0.166. The van der Waals surface area contributed by atoms with Crippen molar-refractivity contribution in [3.8, 4) is 0 Å². The highest BCUT2D eigenvalue weighted by Crippen LogP contribution is 2.48. The Morgan fingerprint density at radius 1 is 1.08 bits per heavy atom. The number of anilines is 1. The van der Waals surface area contributed by atoms with E-state index < -0.39 is 47.4 Å². The molecule has 0 unspecified atom stereocenters. The molecule has 2 aliphatic heterocycles. The molecule has 12 heteroatoms. The van der Waals surface area contributed by atoms with Crippen LogP contribution in [0, 0.1) is 6.92 Å². The van der Waals surface area contributed by atoms with Crippen LogP contribution in [0.3, 0.4) is 0 Å². The number of nitrogen functional groups attached to an aromatic ring is 1. The third-order valence-corrected chi connectivity index (χ3v) is 18.2. The van der Waals surface area contributed by atoms with Gasteiger partial charge in [0.15, 0.2) is 6.23 Å².